The first-order valence-corrected chi connectivity index (χ1v) is 2.91. The van der Waals surface area contributed by atoms with Gasteiger partial charge in [-0.25, -0.2) is 4.79 Å². The van der Waals surface area contributed by atoms with E-state index in [9.17, 15) is 14.7 Å². The molecule has 7 heteroatoms. The van der Waals surface area contributed by atoms with E-state index in [0.717, 1.165) is 0 Å². The van der Waals surface area contributed by atoms with Gasteiger partial charge in [-0.05, 0) is 0 Å². The van der Waals surface area contributed by atoms with Crippen LogP contribution in [-0.4, -0.2) is 17.5 Å². The maximum atomic E-state index is 9.87. The molecule has 0 saturated heterocycles. The van der Waals surface area contributed by atoms with Gasteiger partial charge in [-0.2, -0.15) is 4.89 Å². The van der Waals surface area contributed by atoms with Crippen LogP contribution < -0.4 is 34.7 Å². The van der Waals surface area contributed by atoms with Crippen LogP contribution in [0.4, 0.5) is 0 Å². The number of hydrogen-bond donors (Lipinski definition) is 0. The summed E-state index contributed by atoms with van der Waals surface area (Å²) in [5.41, 5.74) is -0.0774. The molecule has 0 aromatic carbocycles. The molecule has 0 spiro atoms. The Balaban J connectivity index is 0. The molecule has 0 heterocycles. The number of carboxylic acids is 1. The van der Waals surface area contributed by atoms with Crippen molar-refractivity contribution < 1.29 is 54.0 Å². The summed E-state index contributed by atoms with van der Waals surface area (Å²) >= 11 is 2.71. The molecule has 0 bridgehead atoms. The Kier molecular flexibility index (Phi) is 9.74. The first-order valence-electron chi connectivity index (χ1n) is 1.79. The van der Waals surface area contributed by atoms with E-state index in [1.165, 1.54) is 0 Å². The van der Waals surface area contributed by atoms with E-state index in [1.54, 1.807) is 0 Å². The van der Waals surface area contributed by atoms with Crippen LogP contribution in [-0.2, 0) is 19.4 Å². The molecule has 52 valence electrons. The third-order valence-electron chi connectivity index (χ3n) is 0.346. The molecule has 0 aromatic rings. The van der Waals surface area contributed by atoms with Gasteiger partial charge in [-0.3, -0.25) is 4.89 Å². The number of halogens is 1. The van der Waals surface area contributed by atoms with Crippen molar-refractivity contribution in [3.63, 3.8) is 0 Å². The van der Waals surface area contributed by atoms with Gasteiger partial charge in [0.1, 0.15) is 5.52 Å². The summed E-state index contributed by atoms with van der Waals surface area (Å²) in [5, 5.41) is 9.52. The van der Waals surface area contributed by atoms with Crippen molar-refractivity contribution >= 4 is 27.9 Å². The molecule has 0 aliphatic rings. The van der Waals surface area contributed by atoms with Crippen LogP contribution in [0, 0.1) is 0 Å². The SMILES string of the molecule is O=C([O-])C(=O)OOCBr.[Na+]. The van der Waals surface area contributed by atoms with Crippen molar-refractivity contribution in [2.75, 3.05) is 5.52 Å². The average molecular weight is 221 g/mol. The van der Waals surface area contributed by atoms with Crippen LogP contribution in [0.5, 0.6) is 0 Å². The van der Waals surface area contributed by atoms with Crippen LogP contribution in [0.25, 0.3) is 0 Å². The molecule has 0 fully saturated rings. The number of carbonyl (C=O) groups excluding carboxylic acids is 2. The third-order valence-corrected chi connectivity index (χ3v) is 0.533. The Labute approximate surface area is 87.0 Å². The Morgan fingerprint density at radius 2 is 2.00 bits per heavy atom. The number of hydrogen-bond acceptors (Lipinski definition) is 5. The minimum absolute atomic E-state index is 0. The Morgan fingerprint density at radius 1 is 1.50 bits per heavy atom. The van der Waals surface area contributed by atoms with E-state index in [-0.39, 0.29) is 35.1 Å². The van der Waals surface area contributed by atoms with Crippen molar-refractivity contribution in [1.29, 1.82) is 0 Å². The predicted molar refractivity (Wildman–Crippen MR) is 26.0 cm³/mol. The van der Waals surface area contributed by atoms with E-state index in [4.69, 9.17) is 0 Å². The smallest absolute Gasteiger partial charge is 0.539 e. The molecular weight excluding hydrogens is 219 g/mol. The maximum absolute atomic E-state index is 9.87. The van der Waals surface area contributed by atoms with E-state index < -0.39 is 11.9 Å². The first-order chi connectivity index (χ1) is 4.18. The predicted octanol–water partition coefficient (Wildman–Crippen LogP) is -4.43. The minimum Gasteiger partial charge on any atom is -0.539 e. The fourth-order valence-electron chi connectivity index (χ4n) is 0.110. The zero-order valence-corrected chi connectivity index (χ0v) is 8.71. The van der Waals surface area contributed by atoms with Crippen LogP contribution in [0.2, 0.25) is 0 Å². The number of carbonyl (C=O) groups is 2. The summed E-state index contributed by atoms with van der Waals surface area (Å²) in [7, 11) is 0. The van der Waals surface area contributed by atoms with Gasteiger partial charge in [0.15, 0.2) is 5.97 Å². The first kappa shape index (κ1) is 13.0. The van der Waals surface area contributed by atoms with Crippen LogP contribution in [0.3, 0.4) is 0 Å². The second kappa shape index (κ2) is 7.49. The average Bonchev–Trinajstić information content (AvgIpc) is 1.82. The summed E-state index contributed by atoms with van der Waals surface area (Å²) in [6.45, 7) is 0. The molecule has 0 rings (SSSR count). The van der Waals surface area contributed by atoms with Crippen molar-refractivity contribution in [1.82, 2.24) is 0 Å². The summed E-state index contributed by atoms with van der Waals surface area (Å²) in [6.07, 6.45) is 0. The van der Waals surface area contributed by atoms with Crippen molar-refractivity contribution in [3.8, 4) is 0 Å². The van der Waals surface area contributed by atoms with Crippen molar-refractivity contribution in [2.24, 2.45) is 0 Å². The van der Waals surface area contributed by atoms with Crippen molar-refractivity contribution in [2.45, 2.75) is 0 Å². The second-order valence-electron chi connectivity index (χ2n) is 0.885. The molecule has 0 aliphatic heterocycles. The van der Waals surface area contributed by atoms with Gasteiger partial charge >= 0.3 is 35.5 Å². The van der Waals surface area contributed by atoms with E-state index >= 15 is 0 Å². The van der Waals surface area contributed by atoms with E-state index in [2.05, 4.69) is 25.7 Å². The summed E-state index contributed by atoms with van der Waals surface area (Å²) < 4.78 is 0. The van der Waals surface area contributed by atoms with Gasteiger partial charge in [-0.15, -0.1) is 0 Å². The molecule has 0 atom stereocenters. The summed E-state index contributed by atoms with van der Waals surface area (Å²) in [5.74, 6) is -3.48. The molecule has 0 unspecified atom stereocenters. The molecule has 0 aromatic heterocycles. The van der Waals surface area contributed by atoms with Gasteiger partial charge in [-0.1, -0.05) is 15.9 Å². The normalized spacial score (nSPS) is 7.70. The molecule has 5 nitrogen and oxygen atoms in total. The monoisotopic (exact) mass is 220 g/mol. The Bertz CT molecular complexity index is 126. The second-order valence-corrected chi connectivity index (χ2v) is 1.34. The topological polar surface area (TPSA) is 75.7 Å². The zero-order chi connectivity index (χ0) is 7.28. The fraction of sp³-hybridized carbons (Fsp3) is 0.333. The van der Waals surface area contributed by atoms with E-state index in [1.807, 2.05) is 0 Å². The summed E-state index contributed by atoms with van der Waals surface area (Å²) in [6, 6.07) is 0. The van der Waals surface area contributed by atoms with Crippen LogP contribution in [0.1, 0.15) is 0 Å². The summed E-state index contributed by atoms with van der Waals surface area (Å²) in [4.78, 5) is 26.9. The molecular formula is C3H2BrNaO5. The molecule has 0 amide bonds. The Hall–Kier alpha value is 0.380. The van der Waals surface area contributed by atoms with Gasteiger partial charge in [0, 0.05) is 0 Å². The minimum atomic E-state index is -1.93. The van der Waals surface area contributed by atoms with Gasteiger partial charge in [0.2, 0.25) is 0 Å². The maximum Gasteiger partial charge on any atom is 1.00 e. The van der Waals surface area contributed by atoms with Crippen LogP contribution >= 0.6 is 15.9 Å². The number of aliphatic carboxylic acids is 1. The third kappa shape index (κ3) is 6.50. The van der Waals surface area contributed by atoms with Gasteiger partial charge in [0.05, 0.1) is 0 Å². The van der Waals surface area contributed by atoms with Crippen LogP contribution in [0.15, 0.2) is 0 Å². The standard InChI is InChI=1S/C3H3BrO5.Na/c4-1-8-9-3(7)2(5)6;/h1H2,(H,5,6);/q;+1/p-1. The van der Waals surface area contributed by atoms with Gasteiger partial charge < -0.3 is 9.90 Å². The quantitative estimate of drug-likeness (QED) is 0.154. The number of alkyl halides is 1. The van der Waals surface area contributed by atoms with Gasteiger partial charge in [0.25, 0.3) is 0 Å². The van der Waals surface area contributed by atoms with Crippen molar-refractivity contribution in [3.05, 3.63) is 0 Å². The Morgan fingerprint density at radius 3 is 2.30 bits per heavy atom. The number of rotatable bonds is 2. The molecule has 0 aliphatic carbocycles. The molecule has 10 heavy (non-hydrogen) atoms. The molecule has 0 saturated carbocycles. The molecule has 0 N–H and O–H groups in total. The largest absolute Gasteiger partial charge is 1.00 e. The zero-order valence-electron chi connectivity index (χ0n) is 5.13. The fourth-order valence-corrected chi connectivity index (χ4v) is 0.203. The molecule has 0 radical (unpaired) electrons. The number of carboxylic acid groups (broad SMARTS) is 1. The van der Waals surface area contributed by atoms with E-state index in [0.29, 0.717) is 0 Å².